The first-order chi connectivity index (χ1) is 9.90. The van der Waals surface area contributed by atoms with E-state index in [1.807, 2.05) is 13.0 Å². The second-order valence-corrected chi connectivity index (χ2v) is 7.70. The molecular formula is C12H11BrN4O2S2. The average Bonchev–Trinajstić information content (AvgIpc) is 2.94. The molecule has 0 aliphatic heterocycles. The lowest BCUT2D eigenvalue weighted by Gasteiger charge is -2.11. The monoisotopic (exact) mass is 386 g/mol. The van der Waals surface area contributed by atoms with Crippen molar-refractivity contribution in [1.29, 1.82) is 0 Å². The number of nitrogens with one attached hydrogen (secondary N) is 1. The second-order valence-electron chi connectivity index (χ2n) is 4.38. The molecule has 21 heavy (non-hydrogen) atoms. The van der Waals surface area contributed by atoms with Crippen molar-refractivity contribution in [3.63, 3.8) is 0 Å². The SMILES string of the molecule is Cc1c(Br)cccc1NS(=O)(=O)c1c(N)nc2sccn12. The number of nitrogen functional groups attached to an aromatic ring is 1. The number of fused-ring (bicyclic) bond motifs is 1. The summed E-state index contributed by atoms with van der Waals surface area (Å²) in [4.78, 5) is 4.59. The maximum Gasteiger partial charge on any atom is 0.281 e. The summed E-state index contributed by atoms with van der Waals surface area (Å²) in [6, 6.07) is 5.30. The molecule has 110 valence electrons. The van der Waals surface area contributed by atoms with Gasteiger partial charge in [-0.25, -0.2) is 4.98 Å². The van der Waals surface area contributed by atoms with Crippen LogP contribution in [0.15, 0.2) is 39.3 Å². The summed E-state index contributed by atoms with van der Waals surface area (Å²) < 4.78 is 30.0. The van der Waals surface area contributed by atoms with Gasteiger partial charge in [0.05, 0.1) is 5.69 Å². The van der Waals surface area contributed by atoms with E-state index in [1.54, 1.807) is 23.7 Å². The minimum Gasteiger partial charge on any atom is -0.381 e. The second kappa shape index (κ2) is 5.00. The van der Waals surface area contributed by atoms with Crippen LogP contribution in [0.4, 0.5) is 11.5 Å². The Morgan fingerprint density at radius 2 is 2.19 bits per heavy atom. The standard InChI is InChI=1S/C12H11BrN4O2S2/c1-7-8(13)3-2-4-9(7)16-21(18,19)11-10(14)15-12-17(11)5-6-20-12/h2-6,16H,14H2,1H3. The van der Waals surface area contributed by atoms with Crippen LogP contribution < -0.4 is 10.5 Å². The lowest BCUT2D eigenvalue weighted by Crippen LogP contribution is -2.17. The Kier molecular flexibility index (Phi) is 3.42. The number of nitrogens with two attached hydrogens (primary N) is 1. The van der Waals surface area contributed by atoms with E-state index in [4.69, 9.17) is 5.73 Å². The Labute approximate surface area is 133 Å². The molecule has 0 aliphatic carbocycles. The first-order valence-corrected chi connectivity index (χ1v) is 9.04. The van der Waals surface area contributed by atoms with E-state index >= 15 is 0 Å². The largest absolute Gasteiger partial charge is 0.381 e. The number of sulfonamides is 1. The smallest absolute Gasteiger partial charge is 0.281 e. The lowest BCUT2D eigenvalue weighted by atomic mass is 10.2. The number of rotatable bonds is 3. The van der Waals surface area contributed by atoms with Gasteiger partial charge in [-0.2, -0.15) is 8.42 Å². The van der Waals surface area contributed by atoms with E-state index in [0.29, 0.717) is 10.6 Å². The summed E-state index contributed by atoms with van der Waals surface area (Å²) in [5.41, 5.74) is 7.04. The predicted octanol–water partition coefficient (Wildman–Crippen LogP) is 2.85. The van der Waals surface area contributed by atoms with Gasteiger partial charge in [0.15, 0.2) is 10.8 Å². The van der Waals surface area contributed by atoms with Gasteiger partial charge in [0.25, 0.3) is 10.0 Å². The summed E-state index contributed by atoms with van der Waals surface area (Å²) >= 11 is 4.70. The van der Waals surface area contributed by atoms with Crippen LogP contribution in [0.5, 0.6) is 0 Å². The Morgan fingerprint density at radius 1 is 1.43 bits per heavy atom. The molecule has 3 aromatic rings. The predicted molar refractivity (Wildman–Crippen MR) is 87.2 cm³/mol. The van der Waals surface area contributed by atoms with Gasteiger partial charge in [-0.05, 0) is 24.6 Å². The van der Waals surface area contributed by atoms with Crippen molar-refractivity contribution in [3.05, 3.63) is 39.8 Å². The van der Waals surface area contributed by atoms with Crippen molar-refractivity contribution in [2.24, 2.45) is 0 Å². The zero-order chi connectivity index (χ0) is 15.2. The molecule has 9 heteroatoms. The van der Waals surface area contributed by atoms with Gasteiger partial charge in [0.1, 0.15) is 0 Å². The minimum atomic E-state index is -3.83. The van der Waals surface area contributed by atoms with E-state index in [2.05, 4.69) is 25.6 Å². The highest BCUT2D eigenvalue weighted by molar-refractivity contribution is 9.10. The molecule has 3 rings (SSSR count). The molecule has 0 saturated heterocycles. The molecule has 0 unspecified atom stereocenters. The van der Waals surface area contributed by atoms with E-state index in [-0.39, 0.29) is 10.8 Å². The zero-order valence-corrected chi connectivity index (χ0v) is 14.1. The third-order valence-corrected chi connectivity index (χ3v) is 6.03. The van der Waals surface area contributed by atoms with Crippen LogP contribution >= 0.6 is 27.3 Å². The fourth-order valence-electron chi connectivity index (χ4n) is 1.96. The molecule has 0 spiro atoms. The van der Waals surface area contributed by atoms with Crippen LogP contribution in [0.1, 0.15) is 5.56 Å². The van der Waals surface area contributed by atoms with Crippen LogP contribution in [0.2, 0.25) is 0 Å². The number of aromatic nitrogens is 2. The third-order valence-electron chi connectivity index (χ3n) is 3.01. The summed E-state index contributed by atoms with van der Waals surface area (Å²) in [5.74, 6) is -0.0120. The molecule has 0 radical (unpaired) electrons. The van der Waals surface area contributed by atoms with Gasteiger partial charge in [-0.15, -0.1) is 11.3 Å². The number of benzene rings is 1. The number of hydrogen-bond acceptors (Lipinski definition) is 5. The molecular weight excluding hydrogens is 376 g/mol. The molecule has 0 bridgehead atoms. The highest BCUT2D eigenvalue weighted by Crippen LogP contribution is 2.28. The highest BCUT2D eigenvalue weighted by Gasteiger charge is 2.25. The minimum absolute atomic E-state index is 0.0120. The van der Waals surface area contributed by atoms with E-state index in [9.17, 15) is 8.42 Å². The number of thiazole rings is 1. The van der Waals surface area contributed by atoms with Crippen LogP contribution in [-0.2, 0) is 10.0 Å². The average molecular weight is 387 g/mol. The Bertz CT molecular complexity index is 930. The van der Waals surface area contributed by atoms with Gasteiger partial charge >= 0.3 is 0 Å². The zero-order valence-electron chi connectivity index (χ0n) is 10.9. The molecule has 2 heterocycles. The number of imidazole rings is 1. The van der Waals surface area contributed by atoms with E-state index in [1.165, 1.54) is 15.7 Å². The lowest BCUT2D eigenvalue weighted by molar-refractivity contribution is 0.597. The number of nitrogens with zero attached hydrogens (tertiary/aromatic N) is 2. The van der Waals surface area contributed by atoms with E-state index in [0.717, 1.165) is 10.0 Å². The molecule has 3 N–H and O–H groups in total. The van der Waals surface area contributed by atoms with Gasteiger partial charge in [0.2, 0.25) is 5.03 Å². The van der Waals surface area contributed by atoms with Gasteiger partial charge in [-0.1, -0.05) is 22.0 Å². The molecule has 0 amide bonds. The molecule has 2 aromatic heterocycles. The molecule has 1 aromatic carbocycles. The Balaban J connectivity index is 2.11. The Morgan fingerprint density at radius 3 is 2.95 bits per heavy atom. The van der Waals surface area contributed by atoms with E-state index < -0.39 is 10.0 Å². The highest BCUT2D eigenvalue weighted by atomic mass is 79.9. The first kappa shape index (κ1) is 14.4. The fraction of sp³-hybridized carbons (Fsp3) is 0.0833. The third kappa shape index (κ3) is 2.41. The maximum atomic E-state index is 12.6. The van der Waals surface area contributed by atoms with Gasteiger partial charge in [0, 0.05) is 16.0 Å². The normalized spacial score (nSPS) is 11.9. The molecule has 0 aliphatic rings. The van der Waals surface area contributed by atoms with Crippen molar-refractivity contribution < 1.29 is 8.42 Å². The topological polar surface area (TPSA) is 89.5 Å². The molecule has 0 atom stereocenters. The summed E-state index contributed by atoms with van der Waals surface area (Å²) in [6.07, 6.45) is 1.63. The van der Waals surface area contributed by atoms with Crippen molar-refractivity contribution in [3.8, 4) is 0 Å². The quantitative estimate of drug-likeness (QED) is 0.723. The van der Waals surface area contributed by atoms with Crippen LogP contribution in [-0.4, -0.2) is 17.8 Å². The van der Waals surface area contributed by atoms with Crippen LogP contribution in [0, 0.1) is 6.92 Å². The van der Waals surface area contributed by atoms with Gasteiger partial charge < -0.3 is 5.73 Å². The van der Waals surface area contributed by atoms with Crippen molar-refractivity contribution in [1.82, 2.24) is 9.38 Å². The number of halogens is 1. The molecule has 0 fully saturated rings. The molecule has 6 nitrogen and oxygen atoms in total. The summed E-state index contributed by atoms with van der Waals surface area (Å²) in [6.45, 7) is 1.82. The molecule has 0 saturated carbocycles. The Hall–Kier alpha value is -1.58. The maximum absolute atomic E-state index is 12.6. The van der Waals surface area contributed by atoms with Crippen molar-refractivity contribution in [2.75, 3.05) is 10.5 Å². The van der Waals surface area contributed by atoms with Crippen LogP contribution in [0.3, 0.4) is 0 Å². The summed E-state index contributed by atoms with van der Waals surface area (Å²) in [5, 5.41) is 1.71. The fourth-order valence-corrected chi connectivity index (χ4v) is 4.44. The number of hydrogen-bond donors (Lipinski definition) is 2. The van der Waals surface area contributed by atoms with Crippen LogP contribution in [0.25, 0.3) is 4.96 Å². The summed E-state index contributed by atoms with van der Waals surface area (Å²) in [7, 11) is -3.83. The number of anilines is 2. The first-order valence-electron chi connectivity index (χ1n) is 5.89. The van der Waals surface area contributed by atoms with Crippen molar-refractivity contribution >= 4 is 53.8 Å². The van der Waals surface area contributed by atoms with Crippen molar-refractivity contribution in [2.45, 2.75) is 11.9 Å². The van der Waals surface area contributed by atoms with Gasteiger partial charge in [-0.3, -0.25) is 9.12 Å².